The van der Waals surface area contributed by atoms with Gasteiger partial charge in [0.15, 0.2) is 0 Å². The van der Waals surface area contributed by atoms with Crippen molar-refractivity contribution in [1.29, 1.82) is 0 Å². The van der Waals surface area contributed by atoms with Crippen molar-refractivity contribution in [2.75, 3.05) is 0 Å². The fourth-order valence-corrected chi connectivity index (χ4v) is 3.24. The summed E-state index contributed by atoms with van der Waals surface area (Å²) in [5.74, 6) is 0. The van der Waals surface area contributed by atoms with Gasteiger partial charge in [0.25, 0.3) is 0 Å². The molecule has 0 aromatic carbocycles. The van der Waals surface area contributed by atoms with Gasteiger partial charge in [0.1, 0.15) is 6.10 Å². The predicted octanol–water partition coefficient (Wildman–Crippen LogP) is 3.75. The Morgan fingerprint density at radius 2 is 2.07 bits per heavy atom. The summed E-state index contributed by atoms with van der Waals surface area (Å²) < 4.78 is 1.73. The Hall–Kier alpha value is -0.230. The van der Waals surface area contributed by atoms with Gasteiger partial charge in [-0.25, -0.2) is 0 Å². The maximum absolute atomic E-state index is 10.1. The molecule has 2 aromatic rings. The molecule has 0 aliphatic rings. The number of thiophene rings is 1. The lowest BCUT2D eigenvalue weighted by atomic mass is 10.1. The monoisotopic (exact) mass is 347 g/mol. The highest BCUT2D eigenvalue weighted by atomic mass is 79.9. The molecule has 0 radical (unpaired) electrons. The van der Waals surface area contributed by atoms with Crippen molar-refractivity contribution in [3.63, 3.8) is 0 Å². The van der Waals surface area contributed by atoms with E-state index in [9.17, 15) is 5.11 Å². The molecule has 2 nitrogen and oxygen atoms in total. The first kappa shape index (κ1) is 11.3. The van der Waals surface area contributed by atoms with Crippen molar-refractivity contribution >= 4 is 43.2 Å². The highest BCUT2D eigenvalue weighted by molar-refractivity contribution is 9.10. The fraction of sp³-hybridized carbons (Fsp3) is 0.100. The maximum Gasteiger partial charge on any atom is 0.124 e. The molecule has 0 aliphatic heterocycles. The standard InChI is InChI=1S/C10H7Br2NOS/c11-7-2-1-3-13-9(7)10(14)6-4-15-5-8(6)12/h1-5,10,14H. The van der Waals surface area contributed by atoms with Crippen LogP contribution < -0.4 is 0 Å². The average molecular weight is 349 g/mol. The average Bonchev–Trinajstić information content (AvgIpc) is 2.64. The van der Waals surface area contributed by atoms with Gasteiger partial charge in [-0.3, -0.25) is 4.98 Å². The molecular weight excluding hydrogens is 342 g/mol. The first-order valence-corrected chi connectivity index (χ1v) is 6.73. The molecule has 2 rings (SSSR count). The highest BCUT2D eigenvalue weighted by Gasteiger charge is 2.17. The first-order chi connectivity index (χ1) is 7.20. The van der Waals surface area contributed by atoms with Gasteiger partial charge in [-0.15, -0.1) is 0 Å². The van der Waals surface area contributed by atoms with Crippen LogP contribution in [-0.4, -0.2) is 10.1 Å². The van der Waals surface area contributed by atoms with Crippen LogP contribution >= 0.6 is 43.2 Å². The molecule has 0 bridgehead atoms. The van der Waals surface area contributed by atoms with Crippen LogP contribution in [0.5, 0.6) is 0 Å². The molecule has 5 heteroatoms. The van der Waals surface area contributed by atoms with Gasteiger partial charge < -0.3 is 5.11 Å². The topological polar surface area (TPSA) is 33.1 Å². The second-order valence-corrected chi connectivity index (χ2v) is 5.40. The second-order valence-electron chi connectivity index (χ2n) is 2.95. The quantitative estimate of drug-likeness (QED) is 0.896. The summed E-state index contributed by atoms with van der Waals surface area (Å²) in [5, 5.41) is 14.0. The van der Waals surface area contributed by atoms with Crippen molar-refractivity contribution in [2.24, 2.45) is 0 Å². The van der Waals surface area contributed by atoms with Crippen molar-refractivity contribution < 1.29 is 5.11 Å². The Morgan fingerprint density at radius 1 is 1.27 bits per heavy atom. The third kappa shape index (κ3) is 2.30. The van der Waals surface area contributed by atoms with E-state index in [1.165, 1.54) is 0 Å². The van der Waals surface area contributed by atoms with Crippen LogP contribution in [0.3, 0.4) is 0 Å². The molecule has 0 saturated carbocycles. The third-order valence-electron chi connectivity index (χ3n) is 1.98. The predicted molar refractivity (Wildman–Crippen MR) is 68.0 cm³/mol. The van der Waals surface area contributed by atoms with Gasteiger partial charge in [-0.05, 0) is 49.4 Å². The zero-order valence-corrected chi connectivity index (χ0v) is 11.5. The van der Waals surface area contributed by atoms with Crippen molar-refractivity contribution in [2.45, 2.75) is 6.10 Å². The van der Waals surface area contributed by atoms with Gasteiger partial charge in [0.05, 0.1) is 5.69 Å². The van der Waals surface area contributed by atoms with Crippen LogP contribution in [0.2, 0.25) is 0 Å². The van der Waals surface area contributed by atoms with E-state index in [1.807, 2.05) is 22.9 Å². The lowest BCUT2D eigenvalue weighted by Crippen LogP contribution is -2.02. The van der Waals surface area contributed by atoms with Gasteiger partial charge in [0, 0.05) is 26.1 Å². The number of rotatable bonds is 2. The molecule has 2 heterocycles. The van der Waals surface area contributed by atoms with Crippen molar-refractivity contribution in [1.82, 2.24) is 4.98 Å². The Labute approximate surface area is 108 Å². The minimum absolute atomic E-state index is 0.636. The van der Waals surface area contributed by atoms with Crippen LogP contribution in [0.1, 0.15) is 17.4 Å². The Balaban J connectivity index is 2.41. The number of hydrogen-bond acceptors (Lipinski definition) is 3. The molecular formula is C10H7Br2NOS. The van der Waals surface area contributed by atoms with Crippen LogP contribution in [0, 0.1) is 0 Å². The fourth-order valence-electron chi connectivity index (χ4n) is 1.23. The van der Waals surface area contributed by atoms with E-state index >= 15 is 0 Å². The SMILES string of the molecule is OC(c1cscc1Br)c1ncccc1Br. The Kier molecular flexibility index (Phi) is 3.56. The number of aliphatic hydroxyl groups is 1. The van der Waals surface area contributed by atoms with Crippen molar-refractivity contribution in [3.05, 3.63) is 49.3 Å². The van der Waals surface area contributed by atoms with Crippen LogP contribution in [-0.2, 0) is 0 Å². The van der Waals surface area contributed by atoms with Crippen LogP contribution in [0.4, 0.5) is 0 Å². The molecule has 2 aromatic heterocycles. The van der Waals surface area contributed by atoms with Gasteiger partial charge >= 0.3 is 0 Å². The number of aromatic nitrogens is 1. The van der Waals surface area contributed by atoms with E-state index in [4.69, 9.17) is 0 Å². The lowest BCUT2D eigenvalue weighted by Gasteiger charge is -2.10. The summed E-state index contributed by atoms with van der Waals surface area (Å²) in [6.07, 6.45) is 0.977. The summed E-state index contributed by atoms with van der Waals surface area (Å²) >= 11 is 8.31. The Morgan fingerprint density at radius 3 is 2.67 bits per heavy atom. The summed E-state index contributed by atoms with van der Waals surface area (Å²) in [4.78, 5) is 4.16. The molecule has 0 spiro atoms. The van der Waals surface area contributed by atoms with Gasteiger partial charge in [0.2, 0.25) is 0 Å². The molecule has 0 aliphatic carbocycles. The van der Waals surface area contributed by atoms with Crippen LogP contribution in [0.25, 0.3) is 0 Å². The zero-order valence-electron chi connectivity index (χ0n) is 7.52. The normalized spacial score (nSPS) is 12.7. The highest BCUT2D eigenvalue weighted by Crippen LogP contribution is 2.33. The van der Waals surface area contributed by atoms with E-state index < -0.39 is 6.10 Å². The van der Waals surface area contributed by atoms with E-state index in [0.717, 1.165) is 14.5 Å². The number of pyridine rings is 1. The molecule has 0 amide bonds. The van der Waals surface area contributed by atoms with E-state index in [1.54, 1.807) is 17.5 Å². The summed E-state index contributed by atoms with van der Waals surface area (Å²) in [5.41, 5.74) is 1.48. The van der Waals surface area contributed by atoms with E-state index in [2.05, 4.69) is 36.8 Å². The number of halogens is 2. The maximum atomic E-state index is 10.1. The minimum Gasteiger partial charge on any atom is -0.382 e. The number of aliphatic hydroxyl groups excluding tert-OH is 1. The molecule has 0 saturated heterocycles. The Bertz CT molecular complexity index is 472. The van der Waals surface area contributed by atoms with E-state index in [-0.39, 0.29) is 0 Å². The third-order valence-corrected chi connectivity index (χ3v) is 4.41. The molecule has 15 heavy (non-hydrogen) atoms. The van der Waals surface area contributed by atoms with Gasteiger partial charge in [-0.1, -0.05) is 0 Å². The smallest absolute Gasteiger partial charge is 0.124 e. The summed E-state index contributed by atoms with van der Waals surface area (Å²) in [7, 11) is 0. The molecule has 1 atom stereocenters. The summed E-state index contributed by atoms with van der Waals surface area (Å²) in [6.45, 7) is 0. The number of hydrogen-bond donors (Lipinski definition) is 1. The molecule has 78 valence electrons. The molecule has 1 unspecified atom stereocenters. The lowest BCUT2D eigenvalue weighted by molar-refractivity contribution is 0.214. The summed E-state index contributed by atoms with van der Waals surface area (Å²) in [6, 6.07) is 3.69. The number of nitrogens with zero attached hydrogens (tertiary/aromatic N) is 1. The minimum atomic E-state index is -0.693. The van der Waals surface area contributed by atoms with Gasteiger partial charge in [-0.2, -0.15) is 11.3 Å². The van der Waals surface area contributed by atoms with Crippen LogP contribution in [0.15, 0.2) is 38.0 Å². The zero-order chi connectivity index (χ0) is 10.8. The van der Waals surface area contributed by atoms with Crippen molar-refractivity contribution in [3.8, 4) is 0 Å². The largest absolute Gasteiger partial charge is 0.382 e. The molecule has 0 fully saturated rings. The second kappa shape index (κ2) is 4.74. The first-order valence-electron chi connectivity index (χ1n) is 4.20. The van der Waals surface area contributed by atoms with E-state index in [0.29, 0.717) is 5.69 Å². The molecule has 1 N–H and O–H groups in total.